The second-order valence-corrected chi connectivity index (χ2v) is 6.43. The van der Waals surface area contributed by atoms with Crippen molar-refractivity contribution in [1.29, 1.82) is 0 Å². The highest BCUT2D eigenvalue weighted by molar-refractivity contribution is 7.99. The molecule has 1 heterocycles. The Morgan fingerprint density at radius 1 is 1.27 bits per heavy atom. The van der Waals surface area contributed by atoms with Gasteiger partial charge in [0.15, 0.2) is 0 Å². The van der Waals surface area contributed by atoms with Crippen LogP contribution in [0.3, 0.4) is 0 Å². The van der Waals surface area contributed by atoms with Crippen molar-refractivity contribution in [1.82, 2.24) is 4.90 Å². The van der Waals surface area contributed by atoms with E-state index in [1.807, 2.05) is 31.2 Å². The number of benzene rings is 2. The zero-order valence-corrected chi connectivity index (χ0v) is 13.1. The molecule has 3 nitrogen and oxygen atoms in total. The van der Waals surface area contributed by atoms with Gasteiger partial charge in [0, 0.05) is 23.5 Å². The smallest absolute Gasteiger partial charge is 0.308 e. The number of nitrogens with zero attached hydrogens (tertiary/aromatic N) is 1. The Labute approximate surface area is 133 Å². The molecule has 2 aromatic carbocycles. The van der Waals surface area contributed by atoms with Crippen molar-refractivity contribution in [3.8, 4) is 0 Å². The van der Waals surface area contributed by atoms with E-state index in [0.717, 1.165) is 17.0 Å². The summed E-state index contributed by atoms with van der Waals surface area (Å²) in [5.74, 6) is 0.538. The number of hydrogen-bond donors (Lipinski definition) is 1. The summed E-state index contributed by atoms with van der Waals surface area (Å²) in [6.45, 7) is 2.59. The van der Waals surface area contributed by atoms with Gasteiger partial charge in [0.1, 0.15) is 11.2 Å². The first kappa shape index (κ1) is 14.9. The Balaban J connectivity index is 1.78. The fraction of sp³-hybridized carbons (Fsp3) is 0.235. The van der Waals surface area contributed by atoms with Crippen LogP contribution in [0.5, 0.6) is 0 Å². The van der Waals surface area contributed by atoms with Gasteiger partial charge in [-0.2, -0.15) is 0 Å². The van der Waals surface area contributed by atoms with Crippen LogP contribution in [0.25, 0.3) is 0 Å². The molecule has 0 bridgehead atoms. The number of thioether (sulfide) groups is 1. The van der Waals surface area contributed by atoms with Crippen LogP contribution >= 0.6 is 11.8 Å². The number of nitrogens with one attached hydrogen (secondary N) is 1. The Bertz CT molecular complexity index is 692. The van der Waals surface area contributed by atoms with E-state index in [2.05, 4.69) is 5.32 Å². The van der Waals surface area contributed by atoms with E-state index in [1.54, 1.807) is 34.9 Å². The third-order valence-corrected chi connectivity index (χ3v) is 4.83. The zero-order valence-electron chi connectivity index (χ0n) is 12.3. The van der Waals surface area contributed by atoms with Crippen molar-refractivity contribution in [3.05, 3.63) is 65.5 Å². The molecule has 114 valence electrons. The minimum Gasteiger partial charge on any atom is -0.308 e. The lowest BCUT2D eigenvalue weighted by Gasteiger charge is -2.24. The van der Waals surface area contributed by atoms with Crippen molar-refractivity contribution in [2.75, 3.05) is 17.6 Å². The fourth-order valence-corrected chi connectivity index (χ4v) is 3.81. The molecule has 1 aliphatic heterocycles. The van der Waals surface area contributed by atoms with Gasteiger partial charge in [-0.25, -0.2) is 9.18 Å². The van der Waals surface area contributed by atoms with Gasteiger partial charge in [-0.1, -0.05) is 30.3 Å². The highest BCUT2D eigenvalue weighted by Crippen LogP contribution is 2.39. The summed E-state index contributed by atoms with van der Waals surface area (Å²) in [6, 6.07) is 14.1. The highest BCUT2D eigenvalue weighted by Gasteiger charge is 2.32. The van der Waals surface area contributed by atoms with Gasteiger partial charge in [-0.15, -0.1) is 11.8 Å². The van der Waals surface area contributed by atoms with Gasteiger partial charge in [0.25, 0.3) is 0 Å². The number of carbonyl (C=O) groups excluding carboxylic acids is 1. The molecule has 0 radical (unpaired) electrons. The van der Waals surface area contributed by atoms with E-state index in [1.165, 1.54) is 6.07 Å². The predicted molar refractivity (Wildman–Crippen MR) is 88.5 cm³/mol. The molecule has 3 rings (SSSR count). The maximum Gasteiger partial charge on any atom is 0.323 e. The maximum absolute atomic E-state index is 14.0. The van der Waals surface area contributed by atoms with Gasteiger partial charge in [-0.05, 0) is 30.7 Å². The number of hydrogen-bond acceptors (Lipinski definition) is 2. The number of anilines is 1. The molecule has 22 heavy (non-hydrogen) atoms. The van der Waals surface area contributed by atoms with Crippen LogP contribution in [0.2, 0.25) is 0 Å². The number of carbonyl (C=O) groups is 1. The average molecular weight is 316 g/mol. The van der Waals surface area contributed by atoms with Crippen molar-refractivity contribution in [3.63, 3.8) is 0 Å². The lowest BCUT2D eigenvalue weighted by Crippen LogP contribution is -2.34. The summed E-state index contributed by atoms with van der Waals surface area (Å²) in [4.78, 5) is 14.2. The van der Waals surface area contributed by atoms with E-state index in [4.69, 9.17) is 0 Å². The fourth-order valence-electron chi connectivity index (χ4n) is 2.53. The molecule has 0 spiro atoms. The Hall–Kier alpha value is -2.01. The molecule has 1 unspecified atom stereocenters. The van der Waals surface area contributed by atoms with Gasteiger partial charge >= 0.3 is 6.03 Å². The van der Waals surface area contributed by atoms with Crippen molar-refractivity contribution in [2.24, 2.45) is 0 Å². The van der Waals surface area contributed by atoms with E-state index in [0.29, 0.717) is 12.1 Å². The largest absolute Gasteiger partial charge is 0.323 e. The standard InChI is InChI=1S/C17H17FN2OS/c1-12-5-4-6-13(11-12)19-17(21)20-9-10-22-16(20)14-7-2-3-8-15(14)18/h2-8,11,16H,9-10H2,1H3,(H,19,21). The molecule has 1 N–H and O–H groups in total. The van der Waals surface area contributed by atoms with Crippen LogP contribution in [0, 0.1) is 12.7 Å². The Morgan fingerprint density at radius 2 is 2.09 bits per heavy atom. The van der Waals surface area contributed by atoms with Crippen molar-refractivity contribution < 1.29 is 9.18 Å². The molecule has 2 aromatic rings. The number of rotatable bonds is 2. The van der Waals surface area contributed by atoms with E-state index >= 15 is 0 Å². The van der Waals surface area contributed by atoms with Crippen LogP contribution < -0.4 is 5.32 Å². The number of aryl methyl sites for hydroxylation is 1. The molecule has 0 aromatic heterocycles. The average Bonchev–Trinajstić information content (AvgIpc) is 2.97. The first-order valence-electron chi connectivity index (χ1n) is 7.15. The van der Waals surface area contributed by atoms with Gasteiger partial charge < -0.3 is 10.2 Å². The van der Waals surface area contributed by atoms with Gasteiger partial charge in [0.05, 0.1) is 0 Å². The molecule has 2 amide bonds. The van der Waals surface area contributed by atoms with Crippen LogP contribution in [0.4, 0.5) is 14.9 Å². The third kappa shape index (κ3) is 3.09. The monoisotopic (exact) mass is 316 g/mol. The number of urea groups is 1. The van der Waals surface area contributed by atoms with E-state index in [-0.39, 0.29) is 17.2 Å². The lowest BCUT2D eigenvalue weighted by atomic mass is 10.2. The molecule has 5 heteroatoms. The summed E-state index contributed by atoms with van der Waals surface area (Å²) < 4.78 is 14.0. The predicted octanol–water partition coefficient (Wildman–Crippen LogP) is 4.41. The molecule has 1 aliphatic rings. The van der Waals surface area contributed by atoms with Gasteiger partial charge in [-0.3, -0.25) is 0 Å². The van der Waals surface area contributed by atoms with Gasteiger partial charge in [0.2, 0.25) is 0 Å². The minimum atomic E-state index is -0.272. The molecule has 0 saturated carbocycles. The minimum absolute atomic E-state index is 0.191. The summed E-state index contributed by atoms with van der Waals surface area (Å²) in [7, 11) is 0. The lowest BCUT2D eigenvalue weighted by molar-refractivity contribution is 0.213. The molecule has 0 aliphatic carbocycles. The molecular formula is C17H17FN2OS. The highest BCUT2D eigenvalue weighted by atomic mass is 32.2. The van der Waals surface area contributed by atoms with Crippen LogP contribution in [0.1, 0.15) is 16.5 Å². The second kappa shape index (κ2) is 6.40. The van der Waals surface area contributed by atoms with Crippen LogP contribution in [-0.2, 0) is 0 Å². The maximum atomic E-state index is 14.0. The SMILES string of the molecule is Cc1cccc(NC(=O)N2CCSC2c2ccccc2F)c1. The number of amides is 2. The normalized spacial score (nSPS) is 17.5. The number of halogens is 1. The summed E-state index contributed by atoms with van der Waals surface area (Å²) in [5, 5.41) is 2.62. The first-order valence-corrected chi connectivity index (χ1v) is 8.20. The third-order valence-electron chi connectivity index (χ3n) is 3.59. The van der Waals surface area contributed by atoms with Crippen LogP contribution in [0.15, 0.2) is 48.5 Å². The summed E-state index contributed by atoms with van der Waals surface area (Å²) in [6.07, 6.45) is 0. The summed E-state index contributed by atoms with van der Waals surface area (Å²) >= 11 is 1.58. The molecule has 1 atom stereocenters. The molecule has 1 fully saturated rings. The summed E-state index contributed by atoms with van der Waals surface area (Å²) in [5.41, 5.74) is 2.40. The van der Waals surface area contributed by atoms with Crippen molar-refractivity contribution >= 4 is 23.5 Å². The Morgan fingerprint density at radius 3 is 2.86 bits per heavy atom. The Kier molecular flexibility index (Phi) is 4.34. The van der Waals surface area contributed by atoms with Crippen molar-refractivity contribution in [2.45, 2.75) is 12.3 Å². The zero-order chi connectivity index (χ0) is 15.5. The van der Waals surface area contributed by atoms with E-state index < -0.39 is 0 Å². The quantitative estimate of drug-likeness (QED) is 0.890. The second-order valence-electron chi connectivity index (χ2n) is 5.24. The topological polar surface area (TPSA) is 32.3 Å². The first-order chi connectivity index (χ1) is 10.6. The molecular weight excluding hydrogens is 299 g/mol. The van der Waals surface area contributed by atoms with Crippen LogP contribution in [-0.4, -0.2) is 23.2 Å². The molecule has 1 saturated heterocycles. The van der Waals surface area contributed by atoms with E-state index in [9.17, 15) is 9.18 Å².